The summed E-state index contributed by atoms with van der Waals surface area (Å²) in [6.07, 6.45) is 0. The van der Waals surface area contributed by atoms with E-state index >= 15 is 0 Å². The molecule has 0 amide bonds. The van der Waals surface area contributed by atoms with Gasteiger partial charge in [-0.3, -0.25) is 0 Å². The molecule has 2 nitrogen and oxygen atoms in total. The zero-order chi connectivity index (χ0) is 36.3. The van der Waals surface area contributed by atoms with Crippen LogP contribution in [0.3, 0.4) is 0 Å². The number of hydrogen-bond acceptors (Lipinski definition) is 2. The van der Waals surface area contributed by atoms with Crippen molar-refractivity contribution in [3.05, 3.63) is 235 Å². The number of hydrogen-bond donors (Lipinski definition) is 0. The topological polar surface area (TPSA) is 16.4 Å². The van der Waals surface area contributed by atoms with Gasteiger partial charge in [0.15, 0.2) is 0 Å². The zero-order valence-electron chi connectivity index (χ0n) is 30.1. The Labute approximate surface area is 320 Å². The number of anilines is 3. The summed E-state index contributed by atoms with van der Waals surface area (Å²) in [6, 6.07) is 76.8. The van der Waals surface area contributed by atoms with Gasteiger partial charge in [0.2, 0.25) is 0 Å². The normalized spacial score (nSPS) is 12.9. The minimum Gasteiger partial charge on any atom is -0.455 e. The van der Waals surface area contributed by atoms with Crippen LogP contribution in [0.1, 0.15) is 22.3 Å². The zero-order valence-corrected chi connectivity index (χ0v) is 30.1. The maximum atomic E-state index is 6.98. The smallest absolute Gasteiger partial charge is 0.143 e. The highest BCUT2D eigenvalue weighted by Crippen LogP contribution is 2.59. The number of benzene rings is 9. The van der Waals surface area contributed by atoms with Crippen molar-refractivity contribution >= 4 is 49.8 Å². The summed E-state index contributed by atoms with van der Waals surface area (Å²) < 4.78 is 6.98. The van der Waals surface area contributed by atoms with Gasteiger partial charge in [0.25, 0.3) is 0 Å². The Morgan fingerprint density at radius 2 is 1.04 bits per heavy atom. The van der Waals surface area contributed by atoms with Crippen LogP contribution in [0.15, 0.2) is 217 Å². The van der Waals surface area contributed by atoms with Gasteiger partial charge in [-0.1, -0.05) is 170 Å². The average molecular weight is 702 g/mol. The predicted octanol–water partition coefficient (Wildman–Crippen LogP) is 14.2. The molecule has 0 radical (unpaired) electrons. The highest BCUT2D eigenvalue weighted by atomic mass is 16.3. The lowest BCUT2D eigenvalue weighted by Crippen LogP contribution is -2.28. The molecule has 10 aromatic rings. The summed E-state index contributed by atoms with van der Waals surface area (Å²) in [7, 11) is 0. The molecular weight excluding hydrogens is 667 g/mol. The molecule has 1 aromatic heterocycles. The van der Waals surface area contributed by atoms with E-state index in [2.05, 4.69) is 217 Å². The second-order valence-corrected chi connectivity index (χ2v) is 14.4. The van der Waals surface area contributed by atoms with Crippen molar-refractivity contribution in [2.75, 3.05) is 4.90 Å². The van der Waals surface area contributed by atoms with Crippen molar-refractivity contribution in [3.63, 3.8) is 0 Å². The van der Waals surface area contributed by atoms with Crippen molar-refractivity contribution in [1.82, 2.24) is 0 Å². The van der Waals surface area contributed by atoms with Gasteiger partial charge in [0.1, 0.15) is 11.2 Å². The van der Waals surface area contributed by atoms with Crippen molar-refractivity contribution in [2.24, 2.45) is 0 Å². The largest absolute Gasteiger partial charge is 0.455 e. The lowest BCUT2D eigenvalue weighted by Gasteiger charge is -2.34. The highest BCUT2D eigenvalue weighted by Gasteiger charge is 2.47. The van der Waals surface area contributed by atoms with Gasteiger partial charge >= 0.3 is 0 Å². The summed E-state index contributed by atoms with van der Waals surface area (Å²) in [5.41, 5.74) is 14.3. The average Bonchev–Trinajstić information content (AvgIpc) is 3.80. The van der Waals surface area contributed by atoms with E-state index in [9.17, 15) is 0 Å². The molecule has 11 rings (SSSR count). The first-order valence-electron chi connectivity index (χ1n) is 18.9. The molecule has 1 aliphatic rings. The monoisotopic (exact) mass is 701 g/mol. The molecule has 0 saturated heterocycles. The van der Waals surface area contributed by atoms with Crippen LogP contribution in [0.5, 0.6) is 0 Å². The number of furan rings is 1. The summed E-state index contributed by atoms with van der Waals surface area (Å²) in [5.74, 6) is 0. The van der Waals surface area contributed by atoms with Gasteiger partial charge in [0, 0.05) is 39.3 Å². The van der Waals surface area contributed by atoms with Crippen molar-refractivity contribution < 1.29 is 4.42 Å². The van der Waals surface area contributed by atoms with Crippen LogP contribution in [0.2, 0.25) is 0 Å². The third-order valence-electron chi connectivity index (χ3n) is 11.5. The molecule has 0 bridgehead atoms. The molecule has 1 heterocycles. The third kappa shape index (κ3) is 4.68. The summed E-state index contributed by atoms with van der Waals surface area (Å²) >= 11 is 0. The molecule has 2 heteroatoms. The van der Waals surface area contributed by atoms with Crippen LogP contribution >= 0.6 is 0 Å². The Hall–Kier alpha value is -7.16. The Morgan fingerprint density at radius 3 is 1.78 bits per heavy atom. The first-order chi connectivity index (χ1) is 27.3. The molecule has 0 aliphatic heterocycles. The van der Waals surface area contributed by atoms with E-state index in [1.807, 2.05) is 0 Å². The van der Waals surface area contributed by atoms with Gasteiger partial charge in [0.05, 0.1) is 11.1 Å². The lowest BCUT2D eigenvalue weighted by molar-refractivity contribution is 0.670. The molecule has 0 fully saturated rings. The van der Waals surface area contributed by atoms with Gasteiger partial charge in [-0.05, 0) is 80.6 Å². The number of rotatable bonds is 6. The lowest BCUT2D eigenvalue weighted by atomic mass is 9.68. The van der Waals surface area contributed by atoms with Gasteiger partial charge in [-0.25, -0.2) is 0 Å². The predicted molar refractivity (Wildman–Crippen MR) is 229 cm³/mol. The Bertz CT molecular complexity index is 2980. The van der Waals surface area contributed by atoms with Crippen LogP contribution in [0.25, 0.3) is 55.0 Å². The fraction of sp³-hybridized carbons (Fsp3) is 0.0189. The number of nitrogens with zero attached hydrogens (tertiary/aromatic N) is 1. The van der Waals surface area contributed by atoms with E-state index in [1.54, 1.807) is 0 Å². The van der Waals surface area contributed by atoms with Crippen molar-refractivity contribution in [3.8, 4) is 22.3 Å². The molecule has 0 spiro atoms. The molecule has 258 valence electrons. The van der Waals surface area contributed by atoms with Crippen LogP contribution in [0, 0.1) is 0 Å². The quantitative estimate of drug-likeness (QED) is 0.172. The maximum absolute atomic E-state index is 6.98. The summed E-state index contributed by atoms with van der Waals surface area (Å²) in [4.78, 5) is 2.41. The van der Waals surface area contributed by atoms with Crippen molar-refractivity contribution in [1.29, 1.82) is 0 Å². The van der Waals surface area contributed by atoms with Gasteiger partial charge < -0.3 is 9.32 Å². The van der Waals surface area contributed by atoms with Gasteiger partial charge in [-0.15, -0.1) is 0 Å². The minimum atomic E-state index is -0.496. The number of para-hydroxylation sites is 1. The third-order valence-corrected chi connectivity index (χ3v) is 11.5. The molecular formula is C53H35NO. The van der Waals surface area contributed by atoms with E-state index in [-0.39, 0.29) is 0 Å². The summed E-state index contributed by atoms with van der Waals surface area (Å²) in [5, 5.41) is 4.65. The van der Waals surface area contributed by atoms with Crippen LogP contribution < -0.4 is 4.90 Å². The maximum Gasteiger partial charge on any atom is 0.143 e. The minimum absolute atomic E-state index is 0.496. The molecule has 9 aromatic carbocycles. The van der Waals surface area contributed by atoms with E-state index < -0.39 is 5.41 Å². The van der Waals surface area contributed by atoms with Gasteiger partial charge in [-0.2, -0.15) is 0 Å². The van der Waals surface area contributed by atoms with Crippen LogP contribution in [0.4, 0.5) is 17.1 Å². The molecule has 0 atom stereocenters. The first kappa shape index (κ1) is 31.4. The highest BCUT2D eigenvalue weighted by molar-refractivity contribution is 6.23. The Kier molecular flexibility index (Phi) is 7.11. The van der Waals surface area contributed by atoms with E-state index in [0.717, 1.165) is 50.1 Å². The number of fused-ring (bicyclic) bond motifs is 8. The van der Waals surface area contributed by atoms with E-state index in [1.165, 1.54) is 44.2 Å². The molecule has 1 aliphatic carbocycles. The Morgan fingerprint density at radius 1 is 0.418 bits per heavy atom. The molecule has 0 unspecified atom stereocenters. The molecule has 0 N–H and O–H groups in total. The first-order valence-corrected chi connectivity index (χ1v) is 18.9. The molecule has 0 saturated carbocycles. The van der Waals surface area contributed by atoms with E-state index in [0.29, 0.717) is 0 Å². The second-order valence-electron chi connectivity index (χ2n) is 14.4. The second kappa shape index (κ2) is 12.5. The van der Waals surface area contributed by atoms with E-state index in [4.69, 9.17) is 4.42 Å². The fourth-order valence-corrected chi connectivity index (χ4v) is 9.25. The fourth-order valence-electron chi connectivity index (χ4n) is 9.25. The Balaban J connectivity index is 1.19. The summed E-state index contributed by atoms with van der Waals surface area (Å²) in [6.45, 7) is 0. The standard InChI is InChI=1S/C53H35NO/c1-5-18-36(19-6-1)45-34-37-20-13-14-27-42(37)50-44-33-32-41(35-49(44)55-52(45)50)54(40-25-11-4-12-26-40)48-31-17-30-47-51(48)43-28-15-16-29-46(43)53(47,38-21-7-2-8-22-38)39-23-9-3-10-24-39/h1-35H. The van der Waals surface area contributed by atoms with Crippen LogP contribution in [-0.2, 0) is 5.41 Å². The molecule has 55 heavy (non-hydrogen) atoms. The van der Waals surface area contributed by atoms with Crippen LogP contribution in [-0.4, -0.2) is 0 Å². The SMILES string of the molecule is c1ccc(-c2cc3ccccc3c3c2oc2cc(N(c4ccccc4)c4cccc5c4-c4ccccc4C5(c4ccccc4)c4ccccc4)ccc23)cc1. The van der Waals surface area contributed by atoms with Crippen molar-refractivity contribution in [2.45, 2.75) is 5.41 Å².